The number of carbonyl (C=O) groups is 2. The largest absolute Gasteiger partial charge is 0.478 e. The normalized spacial score (nSPS) is 11.1. The van der Waals surface area contributed by atoms with Crippen LogP contribution in [-0.2, 0) is 14.6 Å². The van der Waals surface area contributed by atoms with E-state index in [9.17, 15) is 18.0 Å². The lowest BCUT2D eigenvalue weighted by molar-refractivity contribution is -0.114. The number of hydrogen-bond acceptors (Lipinski definition) is 4. The van der Waals surface area contributed by atoms with Gasteiger partial charge in [-0.3, -0.25) is 4.79 Å². The number of benzene rings is 1. The fourth-order valence-corrected chi connectivity index (χ4v) is 2.47. The van der Waals surface area contributed by atoms with Crippen LogP contribution < -0.4 is 0 Å². The number of rotatable bonds is 4. The molecule has 6 heteroatoms. The minimum absolute atomic E-state index is 0.121. The van der Waals surface area contributed by atoms with Crippen molar-refractivity contribution in [2.45, 2.75) is 11.8 Å². The third kappa shape index (κ3) is 2.90. The van der Waals surface area contributed by atoms with Crippen LogP contribution in [0.4, 0.5) is 0 Å². The smallest absolute Gasteiger partial charge is 0.335 e. The lowest BCUT2D eigenvalue weighted by Gasteiger charge is -2.02. The highest BCUT2D eigenvalue weighted by Crippen LogP contribution is 2.13. The second-order valence-electron chi connectivity index (χ2n) is 3.29. The molecule has 0 unspecified atom stereocenters. The number of hydrogen-bond donors (Lipinski definition) is 1. The van der Waals surface area contributed by atoms with Crippen molar-refractivity contribution in [3.63, 3.8) is 0 Å². The van der Waals surface area contributed by atoms with Gasteiger partial charge < -0.3 is 5.11 Å². The zero-order valence-corrected chi connectivity index (χ0v) is 9.32. The van der Waals surface area contributed by atoms with Crippen LogP contribution in [0.3, 0.4) is 0 Å². The Labute approximate surface area is 92.6 Å². The molecule has 1 N–H and O–H groups in total. The van der Waals surface area contributed by atoms with Gasteiger partial charge >= 0.3 is 5.97 Å². The quantitative estimate of drug-likeness (QED) is 0.841. The van der Waals surface area contributed by atoms with Crippen LogP contribution in [0, 0.1) is 0 Å². The Bertz CT molecular complexity index is 530. The lowest BCUT2D eigenvalue weighted by atomic mass is 10.2. The van der Waals surface area contributed by atoms with E-state index in [1.807, 2.05) is 0 Å². The molecule has 0 saturated carbocycles. The van der Waals surface area contributed by atoms with Crippen LogP contribution in [0.5, 0.6) is 0 Å². The highest BCUT2D eigenvalue weighted by Gasteiger charge is 2.18. The van der Waals surface area contributed by atoms with Crippen molar-refractivity contribution in [3.8, 4) is 0 Å². The average Bonchev–Trinajstić information content (AvgIpc) is 2.16. The zero-order valence-electron chi connectivity index (χ0n) is 8.50. The Morgan fingerprint density at radius 2 is 1.94 bits per heavy atom. The van der Waals surface area contributed by atoms with Crippen molar-refractivity contribution in [1.29, 1.82) is 0 Å². The third-order valence-corrected chi connectivity index (χ3v) is 3.59. The predicted octanol–water partition coefficient (Wildman–Crippen LogP) is 0.748. The van der Waals surface area contributed by atoms with Gasteiger partial charge in [-0.1, -0.05) is 6.07 Å². The van der Waals surface area contributed by atoms with E-state index in [1.54, 1.807) is 0 Å². The minimum atomic E-state index is -3.73. The zero-order chi connectivity index (χ0) is 12.3. The number of carboxylic acids is 1. The summed E-state index contributed by atoms with van der Waals surface area (Å²) in [7, 11) is -3.73. The summed E-state index contributed by atoms with van der Waals surface area (Å²) in [5, 5.41) is 8.70. The second-order valence-corrected chi connectivity index (χ2v) is 5.28. The first-order valence-corrected chi connectivity index (χ1v) is 6.04. The Morgan fingerprint density at radius 3 is 2.44 bits per heavy atom. The van der Waals surface area contributed by atoms with E-state index >= 15 is 0 Å². The first-order valence-electron chi connectivity index (χ1n) is 4.38. The van der Waals surface area contributed by atoms with E-state index < -0.39 is 27.3 Å². The second kappa shape index (κ2) is 4.44. The van der Waals surface area contributed by atoms with Gasteiger partial charge in [-0.15, -0.1) is 0 Å². The van der Waals surface area contributed by atoms with E-state index in [1.165, 1.54) is 25.1 Å². The summed E-state index contributed by atoms with van der Waals surface area (Å²) < 4.78 is 23.2. The molecule has 0 aliphatic heterocycles. The molecule has 0 atom stereocenters. The number of carboxylic acid groups (broad SMARTS) is 1. The molecule has 0 radical (unpaired) electrons. The van der Waals surface area contributed by atoms with Gasteiger partial charge in [0.05, 0.1) is 10.5 Å². The fourth-order valence-electron chi connectivity index (χ4n) is 1.17. The highest BCUT2D eigenvalue weighted by atomic mass is 32.2. The Balaban J connectivity index is 3.19. The molecule has 0 spiro atoms. The molecule has 0 aliphatic carbocycles. The maximum Gasteiger partial charge on any atom is 0.335 e. The SMILES string of the molecule is CC(=O)CS(=O)(=O)c1cccc(C(=O)O)c1. The molecule has 0 aromatic heterocycles. The molecule has 0 fully saturated rings. The van der Waals surface area contributed by atoms with Gasteiger partial charge in [0.1, 0.15) is 11.5 Å². The monoisotopic (exact) mass is 242 g/mol. The van der Waals surface area contributed by atoms with Gasteiger partial charge in [-0.2, -0.15) is 0 Å². The summed E-state index contributed by atoms with van der Waals surface area (Å²) in [6.45, 7) is 1.17. The molecule has 1 rings (SSSR count). The van der Waals surface area contributed by atoms with E-state index in [4.69, 9.17) is 5.11 Å². The molecule has 0 bridgehead atoms. The van der Waals surface area contributed by atoms with Crippen molar-refractivity contribution >= 4 is 21.6 Å². The number of aromatic carboxylic acids is 1. The lowest BCUT2D eigenvalue weighted by Crippen LogP contribution is -2.14. The number of carbonyl (C=O) groups excluding carboxylic acids is 1. The maximum absolute atomic E-state index is 11.6. The standard InChI is InChI=1S/C10H10O5S/c1-7(11)6-16(14,15)9-4-2-3-8(5-9)10(12)13/h2-5H,6H2,1H3,(H,12,13). The fraction of sp³-hybridized carbons (Fsp3) is 0.200. The van der Waals surface area contributed by atoms with E-state index in [0.29, 0.717) is 0 Å². The maximum atomic E-state index is 11.6. The topological polar surface area (TPSA) is 88.5 Å². The molecule has 16 heavy (non-hydrogen) atoms. The van der Waals surface area contributed by atoms with E-state index in [-0.39, 0.29) is 10.5 Å². The van der Waals surface area contributed by atoms with Gasteiger partial charge in [0, 0.05) is 0 Å². The minimum Gasteiger partial charge on any atom is -0.478 e. The molecule has 0 saturated heterocycles. The molecular weight excluding hydrogens is 232 g/mol. The average molecular weight is 242 g/mol. The summed E-state index contributed by atoms with van der Waals surface area (Å²) in [6.07, 6.45) is 0. The number of Topliss-reactive ketones (excluding diaryl/α,β-unsaturated/α-hetero) is 1. The summed E-state index contributed by atoms with van der Waals surface area (Å²) in [5.41, 5.74) is -0.121. The van der Waals surface area contributed by atoms with Crippen LogP contribution in [0.15, 0.2) is 29.2 Å². The van der Waals surface area contributed by atoms with Crippen LogP contribution in [0.2, 0.25) is 0 Å². The molecule has 86 valence electrons. The molecular formula is C10H10O5S. The molecule has 1 aromatic rings. The summed E-state index contributed by atoms with van der Waals surface area (Å²) in [5.74, 6) is -2.31. The Kier molecular flexibility index (Phi) is 3.44. The Morgan fingerprint density at radius 1 is 1.31 bits per heavy atom. The van der Waals surface area contributed by atoms with E-state index in [0.717, 1.165) is 6.07 Å². The number of sulfone groups is 1. The van der Waals surface area contributed by atoms with Crippen molar-refractivity contribution < 1.29 is 23.1 Å². The molecule has 0 amide bonds. The van der Waals surface area contributed by atoms with E-state index in [2.05, 4.69) is 0 Å². The Hall–Kier alpha value is -1.69. The highest BCUT2D eigenvalue weighted by molar-refractivity contribution is 7.92. The van der Waals surface area contributed by atoms with Crippen molar-refractivity contribution in [1.82, 2.24) is 0 Å². The van der Waals surface area contributed by atoms with Crippen LogP contribution in [-0.4, -0.2) is 31.0 Å². The van der Waals surface area contributed by atoms with Gasteiger partial charge in [0.25, 0.3) is 0 Å². The third-order valence-electron chi connectivity index (χ3n) is 1.83. The van der Waals surface area contributed by atoms with Crippen molar-refractivity contribution in [3.05, 3.63) is 29.8 Å². The first kappa shape index (κ1) is 12.4. The summed E-state index contributed by atoms with van der Waals surface area (Å²) in [6, 6.07) is 4.93. The predicted molar refractivity (Wildman–Crippen MR) is 56.1 cm³/mol. The van der Waals surface area contributed by atoms with Crippen molar-refractivity contribution in [2.75, 3.05) is 5.75 Å². The van der Waals surface area contributed by atoms with Gasteiger partial charge in [0.2, 0.25) is 0 Å². The van der Waals surface area contributed by atoms with Crippen LogP contribution in [0.1, 0.15) is 17.3 Å². The van der Waals surface area contributed by atoms with Gasteiger partial charge in [-0.05, 0) is 25.1 Å². The van der Waals surface area contributed by atoms with Gasteiger partial charge in [0.15, 0.2) is 9.84 Å². The van der Waals surface area contributed by atoms with Gasteiger partial charge in [-0.25, -0.2) is 13.2 Å². The molecule has 0 heterocycles. The summed E-state index contributed by atoms with van der Waals surface area (Å²) in [4.78, 5) is 21.2. The van der Waals surface area contributed by atoms with Crippen LogP contribution in [0.25, 0.3) is 0 Å². The molecule has 1 aromatic carbocycles. The molecule has 5 nitrogen and oxygen atoms in total. The van der Waals surface area contributed by atoms with Crippen molar-refractivity contribution in [2.24, 2.45) is 0 Å². The molecule has 0 aliphatic rings. The van der Waals surface area contributed by atoms with Crippen LogP contribution >= 0.6 is 0 Å². The summed E-state index contributed by atoms with van der Waals surface area (Å²) >= 11 is 0. The first-order chi connectivity index (χ1) is 7.33. The number of ketones is 1.